The number of anilines is 1. The molecule has 5 heteroatoms. The molecule has 1 unspecified atom stereocenters. The van der Waals surface area contributed by atoms with Crippen LogP contribution >= 0.6 is 0 Å². The van der Waals surface area contributed by atoms with Crippen LogP contribution in [0.5, 0.6) is 6.01 Å². The summed E-state index contributed by atoms with van der Waals surface area (Å²) in [6.07, 6.45) is 3.77. The summed E-state index contributed by atoms with van der Waals surface area (Å²) in [4.78, 5) is 9.94. The van der Waals surface area contributed by atoms with E-state index in [0.29, 0.717) is 18.7 Å². The van der Waals surface area contributed by atoms with Crippen molar-refractivity contribution in [3.63, 3.8) is 0 Å². The number of H-pyrrole nitrogens is 1. The number of nitrogens with zero attached hydrogens (tertiary/aromatic N) is 2. The maximum absolute atomic E-state index is 5.79. The Morgan fingerprint density at radius 2 is 2.37 bits per heavy atom. The van der Waals surface area contributed by atoms with Crippen LogP contribution < -0.4 is 10.5 Å². The fourth-order valence-electron chi connectivity index (χ4n) is 2.60. The van der Waals surface area contributed by atoms with Crippen molar-refractivity contribution in [2.75, 3.05) is 25.9 Å². The Morgan fingerprint density at radius 3 is 3.21 bits per heavy atom. The molecule has 1 atom stereocenters. The summed E-state index contributed by atoms with van der Waals surface area (Å²) in [5.74, 6) is 0. The summed E-state index contributed by atoms with van der Waals surface area (Å²) in [7, 11) is 2.16. The number of hydrogen-bond donors (Lipinski definition) is 2. The molecule has 0 aliphatic carbocycles. The number of likely N-dealkylation sites (N-methyl/N-ethyl adjacent to an activating group) is 1. The monoisotopic (exact) mass is 260 g/mol. The second-order valence-electron chi connectivity index (χ2n) is 5.26. The van der Waals surface area contributed by atoms with E-state index >= 15 is 0 Å². The number of piperidine rings is 1. The van der Waals surface area contributed by atoms with Crippen LogP contribution in [-0.2, 0) is 0 Å². The van der Waals surface area contributed by atoms with Gasteiger partial charge in [0.2, 0.25) is 0 Å². The van der Waals surface area contributed by atoms with Gasteiger partial charge in [-0.15, -0.1) is 0 Å². The summed E-state index contributed by atoms with van der Waals surface area (Å²) >= 11 is 0. The predicted octanol–water partition coefficient (Wildman–Crippen LogP) is 2.01. The first kappa shape index (κ1) is 12.3. The number of imidazole rings is 1. The molecular formula is C14H20N4O. The molecule has 5 nitrogen and oxygen atoms in total. The van der Waals surface area contributed by atoms with E-state index in [1.54, 1.807) is 0 Å². The van der Waals surface area contributed by atoms with Gasteiger partial charge in [-0.25, -0.2) is 0 Å². The molecule has 0 spiro atoms. The molecule has 0 amide bonds. The topological polar surface area (TPSA) is 67.2 Å². The van der Waals surface area contributed by atoms with Gasteiger partial charge in [-0.2, -0.15) is 4.98 Å². The molecule has 1 aromatic carbocycles. The highest BCUT2D eigenvalue weighted by Crippen LogP contribution is 2.20. The molecule has 3 N–H and O–H groups in total. The highest BCUT2D eigenvalue weighted by molar-refractivity contribution is 5.79. The quantitative estimate of drug-likeness (QED) is 0.828. The number of rotatable bonds is 3. The van der Waals surface area contributed by atoms with E-state index in [2.05, 4.69) is 21.9 Å². The van der Waals surface area contributed by atoms with Gasteiger partial charge in [-0.05, 0) is 44.6 Å². The molecule has 2 heterocycles. The number of nitrogen functional groups attached to an aromatic ring is 1. The first-order valence-corrected chi connectivity index (χ1v) is 6.80. The standard InChI is InChI=1S/C14H20N4O/c1-18-7-3-2-4-11(18)9-19-14-16-12-6-5-10(15)8-13(12)17-14/h5-6,8,11H,2-4,7,9,15H2,1H3,(H,16,17). The minimum absolute atomic E-state index is 0.493. The van der Waals surface area contributed by atoms with Crippen molar-refractivity contribution in [2.45, 2.75) is 25.3 Å². The average Bonchev–Trinajstić information content (AvgIpc) is 2.79. The number of benzene rings is 1. The number of fused-ring (bicyclic) bond motifs is 1. The number of likely N-dealkylation sites (tertiary alicyclic amines) is 1. The minimum atomic E-state index is 0.493. The lowest BCUT2D eigenvalue weighted by Crippen LogP contribution is -2.40. The second-order valence-corrected chi connectivity index (χ2v) is 5.26. The Labute approximate surface area is 112 Å². The summed E-state index contributed by atoms with van der Waals surface area (Å²) in [6, 6.07) is 6.71. The van der Waals surface area contributed by atoms with Crippen molar-refractivity contribution < 1.29 is 4.74 Å². The van der Waals surface area contributed by atoms with Gasteiger partial charge in [0.15, 0.2) is 0 Å². The fourth-order valence-corrected chi connectivity index (χ4v) is 2.60. The Hall–Kier alpha value is -1.75. The van der Waals surface area contributed by atoms with Crippen molar-refractivity contribution >= 4 is 16.7 Å². The van der Waals surface area contributed by atoms with Crippen LogP contribution in [0.4, 0.5) is 5.69 Å². The van der Waals surface area contributed by atoms with Gasteiger partial charge in [-0.1, -0.05) is 6.42 Å². The van der Waals surface area contributed by atoms with Gasteiger partial charge in [0.25, 0.3) is 6.01 Å². The lowest BCUT2D eigenvalue weighted by Gasteiger charge is -2.31. The van der Waals surface area contributed by atoms with E-state index in [9.17, 15) is 0 Å². The van der Waals surface area contributed by atoms with Crippen LogP contribution in [0.1, 0.15) is 19.3 Å². The van der Waals surface area contributed by atoms with Gasteiger partial charge < -0.3 is 20.4 Å². The van der Waals surface area contributed by atoms with Crippen LogP contribution in [0.15, 0.2) is 18.2 Å². The molecule has 102 valence electrons. The van der Waals surface area contributed by atoms with Gasteiger partial charge in [-0.3, -0.25) is 0 Å². The highest BCUT2D eigenvalue weighted by Gasteiger charge is 2.19. The zero-order chi connectivity index (χ0) is 13.2. The van der Waals surface area contributed by atoms with E-state index in [0.717, 1.165) is 23.3 Å². The molecule has 1 saturated heterocycles. The van der Waals surface area contributed by atoms with Crippen LogP contribution in [-0.4, -0.2) is 41.1 Å². The smallest absolute Gasteiger partial charge is 0.294 e. The van der Waals surface area contributed by atoms with Crippen molar-refractivity contribution in [3.8, 4) is 6.01 Å². The minimum Gasteiger partial charge on any atom is -0.463 e. The zero-order valence-electron chi connectivity index (χ0n) is 11.2. The molecule has 3 rings (SSSR count). The highest BCUT2D eigenvalue weighted by atomic mass is 16.5. The Morgan fingerprint density at radius 1 is 1.47 bits per heavy atom. The number of ether oxygens (including phenoxy) is 1. The fraction of sp³-hybridized carbons (Fsp3) is 0.500. The van der Waals surface area contributed by atoms with Crippen LogP contribution in [0.3, 0.4) is 0 Å². The molecule has 1 fully saturated rings. The molecule has 0 radical (unpaired) electrons. The molecule has 1 aromatic heterocycles. The lowest BCUT2D eigenvalue weighted by atomic mass is 10.0. The third-order valence-electron chi connectivity index (χ3n) is 3.82. The van der Waals surface area contributed by atoms with Crippen molar-refractivity contribution in [3.05, 3.63) is 18.2 Å². The summed E-state index contributed by atoms with van der Waals surface area (Å²) < 4.78 is 5.79. The molecule has 1 aliphatic heterocycles. The van der Waals surface area contributed by atoms with E-state index in [1.807, 2.05) is 18.2 Å². The van der Waals surface area contributed by atoms with E-state index in [1.165, 1.54) is 19.3 Å². The molecule has 0 bridgehead atoms. The maximum atomic E-state index is 5.79. The van der Waals surface area contributed by atoms with E-state index in [-0.39, 0.29) is 0 Å². The third kappa shape index (κ3) is 2.66. The Balaban J connectivity index is 1.68. The van der Waals surface area contributed by atoms with Crippen molar-refractivity contribution in [1.29, 1.82) is 0 Å². The van der Waals surface area contributed by atoms with E-state index < -0.39 is 0 Å². The first-order chi connectivity index (χ1) is 9.22. The third-order valence-corrected chi connectivity index (χ3v) is 3.82. The van der Waals surface area contributed by atoms with Crippen molar-refractivity contribution in [2.24, 2.45) is 0 Å². The summed E-state index contributed by atoms with van der Waals surface area (Å²) in [5.41, 5.74) is 8.29. The largest absolute Gasteiger partial charge is 0.463 e. The normalized spacial score (nSPS) is 20.8. The number of nitrogens with two attached hydrogens (primary N) is 1. The Kier molecular flexibility index (Phi) is 3.29. The number of nitrogens with one attached hydrogen (secondary N) is 1. The van der Waals surface area contributed by atoms with Gasteiger partial charge in [0, 0.05) is 11.7 Å². The SMILES string of the molecule is CN1CCCCC1COc1nc2ccc(N)cc2[nH]1. The number of aromatic amines is 1. The maximum Gasteiger partial charge on any atom is 0.294 e. The Bertz CT molecular complexity index is 566. The lowest BCUT2D eigenvalue weighted by molar-refractivity contribution is 0.120. The van der Waals surface area contributed by atoms with Crippen LogP contribution in [0.25, 0.3) is 11.0 Å². The molecule has 19 heavy (non-hydrogen) atoms. The summed E-state index contributed by atoms with van der Waals surface area (Å²) in [6.45, 7) is 1.84. The molecule has 2 aromatic rings. The van der Waals surface area contributed by atoms with Gasteiger partial charge >= 0.3 is 0 Å². The molecule has 1 aliphatic rings. The number of hydrogen-bond acceptors (Lipinski definition) is 4. The summed E-state index contributed by atoms with van der Waals surface area (Å²) in [5, 5.41) is 0. The van der Waals surface area contributed by atoms with E-state index in [4.69, 9.17) is 10.5 Å². The van der Waals surface area contributed by atoms with Crippen LogP contribution in [0, 0.1) is 0 Å². The molecule has 0 saturated carbocycles. The van der Waals surface area contributed by atoms with Crippen molar-refractivity contribution in [1.82, 2.24) is 14.9 Å². The van der Waals surface area contributed by atoms with Gasteiger partial charge in [0.1, 0.15) is 6.61 Å². The second kappa shape index (κ2) is 5.09. The first-order valence-electron chi connectivity index (χ1n) is 6.80. The molecular weight excluding hydrogens is 240 g/mol. The zero-order valence-corrected chi connectivity index (χ0v) is 11.2. The van der Waals surface area contributed by atoms with Crippen LogP contribution in [0.2, 0.25) is 0 Å². The average molecular weight is 260 g/mol. The predicted molar refractivity (Wildman–Crippen MR) is 76.3 cm³/mol. The number of aromatic nitrogens is 2. The van der Waals surface area contributed by atoms with Gasteiger partial charge in [0.05, 0.1) is 11.0 Å².